The molecule has 15 heteroatoms. The number of H-pyrrole nitrogens is 1. The van der Waals surface area contributed by atoms with Gasteiger partial charge in [-0.1, -0.05) is 34.8 Å². The number of hydroxylamine groups is 1. The van der Waals surface area contributed by atoms with Crippen molar-refractivity contribution in [3.05, 3.63) is 54.1 Å². The van der Waals surface area contributed by atoms with Gasteiger partial charge in [0.05, 0.1) is 47.0 Å². The van der Waals surface area contributed by atoms with Crippen LogP contribution < -0.4 is 10.0 Å². The maximum Gasteiger partial charge on any atom is 0.407 e. The number of hydrogen-bond donors (Lipinski definition) is 4. The lowest BCUT2D eigenvalue weighted by atomic mass is 10.0. The first-order valence-corrected chi connectivity index (χ1v) is 16.1. The van der Waals surface area contributed by atoms with Gasteiger partial charge in [-0.3, -0.25) is 9.56 Å². The minimum Gasteiger partial charge on any atom is -0.444 e. The number of benzene rings is 2. The van der Waals surface area contributed by atoms with E-state index in [-0.39, 0.29) is 22.8 Å². The molecule has 2 aromatic carbocycles. The molecule has 0 aliphatic carbocycles. The molecule has 0 unspecified atom stereocenters. The maximum atomic E-state index is 13.7. The van der Waals surface area contributed by atoms with Crippen molar-refractivity contribution in [1.29, 1.82) is 0 Å². The van der Waals surface area contributed by atoms with Gasteiger partial charge in [0.1, 0.15) is 5.60 Å². The lowest BCUT2D eigenvalue weighted by Crippen LogP contribution is -2.51. The molecule has 0 radical (unpaired) electrons. The third kappa shape index (κ3) is 9.67. The molecular formula is C26H37N5O8S2. The molecular weight excluding hydrogens is 574 g/mol. The van der Waals surface area contributed by atoms with Crippen LogP contribution in [0.3, 0.4) is 0 Å². The van der Waals surface area contributed by atoms with E-state index in [1.807, 2.05) is 30.3 Å². The van der Waals surface area contributed by atoms with Gasteiger partial charge in [0, 0.05) is 0 Å². The summed E-state index contributed by atoms with van der Waals surface area (Å²) < 4.78 is 58.8. The molecule has 0 saturated carbocycles. The van der Waals surface area contributed by atoms with Crippen LogP contribution >= 0.6 is 0 Å². The lowest BCUT2D eigenvalue weighted by Gasteiger charge is -2.30. The van der Waals surface area contributed by atoms with E-state index in [9.17, 15) is 26.7 Å². The number of nitrogens with zero attached hydrogens (tertiary/aromatic N) is 2. The number of aromatic nitrogens is 2. The smallest absolute Gasteiger partial charge is 0.407 e. The number of alkyl carbamates (subject to hydrolysis) is 1. The monoisotopic (exact) mass is 611 g/mol. The van der Waals surface area contributed by atoms with Gasteiger partial charge in [0.2, 0.25) is 16.0 Å². The van der Waals surface area contributed by atoms with Gasteiger partial charge in [0.15, 0.2) is 0 Å². The molecule has 0 bridgehead atoms. The van der Waals surface area contributed by atoms with Crippen LogP contribution in [-0.2, 0) is 36.0 Å². The number of anilines is 1. The Kier molecular flexibility index (Phi) is 10.0. The molecule has 13 nitrogen and oxygen atoms in total. The molecule has 2 atom stereocenters. The highest BCUT2D eigenvalue weighted by Crippen LogP contribution is 2.24. The minimum atomic E-state index is -4.36. The number of aliphatic hydroxyl groups is 1. The Hall–Kier alpha value is -3.24. The number of aromatic amines is 1. The fraction of sp³-hybridized carbons (Fsp3) is 0.462. The Balaban J connectivity index is 1.91. The van der Waals surface area contributed by atoms with E-state index in [2.05, 4.69) is 20.0 Å². The second-order valence-electron chi connectivity index (χ2n) is 10.8. The second kappa shape index (κ2) is 12.7. The molecule has 0 aliphatic rings. The number of fused-ring (bicyclic) bond motifs is 1. The number of nitrogens with one attached hydrogen (secondary N) is 3. The number of carbonyl (C=O) groups is 1. The molecule has 4 N–H and O–H groups in total. The quantitative estimate of drug-likeness (QED) is 0.224. The standard InChI is InChI=1S/C26H37N5O8S2/c1-17(2)39-31(41(36,37)19-12-13-20-21(15-19)28-24(27-20)30-40(6,34)35)16-23(32)22(14-18-10-8-7-9-11-18)29-25(33)38-26(3,4)5/h7-13,15,17,22-23,32H,14,16H2,1-6H3,(H,29,33)(H2,27,28,30)/t22-,23+/m0/s1. The lowest BCUT2D eigenvalue weighted by molar-refractivity contribution is -0.136. The van der Waals surface area contributed by atoms with Crippen molar-refractivity contribution in [2.45, 2.75) is 69.8 Å². The van der Waals surface area contributed by atoms with E-state index >= 15 is 0 Å². The number of aliphatic hydroxyl groups excluding tert-OH is 1. The zero-order chi connectivity index (χ0) is 30.6. The van der Waals surface area contributed by atoms with Gasteiger partial charge in [-0.05, 0) is 64.8 Å². The summed E-state index contributed by atoms with van der Waals surface area (Å²) in [6.07, 6.45) is -1.60. The molecule has 3 rings (SSSR count). The maximum absolute atomic E-state index is 13.7. The molecule has 1 heterocycles. The summed E-state index contributed by atoms with van der Waals surface area (Å²) in [4.78, 5) is 24.9. The molecule has 1 amide bonds. The van der Waals surface area contributed by atoms with Crippen molar-refractivity contribution in [2.75, 3.05) is 17.5 Å². The minimum absolute atomic E-state index is 0.0697. The fourth-order valence-electron chi connectivity index (χ4n) is 3.81. The van der Waals surface area contributed by atoms with Crippen LogP contribution in [0.5, 0.6) is 0 Å². The zero-order valence-electron chi connectivity index (χ0n) is 23.8. The van der Waals surface area contributed by atoms with E-state index in [0.29, 0.717) is 9.99 Å². The Morgan fingerprint density at radius 1 is 1.10 bits per heavy atom. The van der Waals surface area contributed by atoms with E-state index in [4.69, 9.17) is 9.57 Å². The highest BCUT2D eigenvalue weighted by atomic mass is 32.2. The summed E-state index contributed by atoms with van der Waals surface area (Å²) in [7, 11) is -7.97. The Morgan fingerprint density at radius 3 is 2.34 bits per heavy atom. The third-order valence-corrected chi connectivity index (χ3v) is 7.62. The first-order chi connectivity index (χ1) is 18.9. The van der Waals surface area contributed by atoms with Gasteiger partial charge in [-0.15, -0.1) is 0 Å². The summed E-state index contributed by atoms with van der Waals surface area (Å²) in [5.74, 6) is -0.0697. The van der Waals surface area contributed by atoms with Crippen molar-refractivity contribution < 1.29 is 36.3 Å². The third-order valence-electron chi connectivity index (χ3n) is 5.43. The molecule has 0 saturated heterocycles. The highest BCUT2D eigenvalue weighted by Gasteiger charge is 2.33. The number of rotatable bonds is 12. The van der Waals surface area contributed by atoms with Crippen LogP contribution in [0.25, 0.3) is 11.0 Å². The topological polar surface area (TPSA) is 180 Å². The van der Waals surface area contributed by atoms with Crippen molar-refractivity contribution in [1.82, 2.24) is 19.8 Å². The van der Waals surface area contributed by atoms with Gasteiger partial charge in [-0.25, -0.2) is 26.6 Å². The van der Waals surface area contributed by atoms with Crippen molar-refractivity contribution in [3.8, 4) is 0 Å². The predicted molar refractivity (Wildman–Crippen MR) is 154 cm³/mol. The second-order valence-corrected chi connectivity index (χ2v) is 14.4. The van der Waals surface area contributed by atoms with Gasteiger partial charge in [0.25, 0.3) is 10.0 Å². The first-order valence-electron chi connectivity index (χ1n) is 12.8. The molecule has 226 valence electrons. The van der Waals surface area contributed by atoms with E-state index in [0.717, 1.165) is 11.8 Å². The van der Waals surface area contributed by atoms with Gasteiger partial charge in [-0.2, -0.15) is 0 Å². The van der Waals surface area contributed by atoms with Crippen molar-refractivity contribution in [2.24, 2.45) is 0 Å². The average molecular weight is 612 g/mol. The molecule has 0 spiro atoms. The number of hydrogen-bond acceptors (Lipinski definition) is 9. The van der Waals surface area contributed by atoms with Crippen LogP contribution in [0.2, 0.25) is 0 Å². The van der Waals surface area contributed by atoms with Crippen LogP contribution in [0.15, 0.2) is 53.4 Å². The number of sulfonamides is 2. The Morgan fingerprint density at radius 2 is 1.76 bits per heavy atom. The van der Waals surface area contributed by atoms with Crippen molar-refractivity contribution >= 4 is 43.1 Å². The number of ether oxygens (including phenoxy) is 1. The molecule has 0 fully saturated rings. The summed E-state index contributed by atoms with van der Waals surface area (Å²) >= 11 is 0. The first kappa shape index (κ1) is 32.3. The predicted octanol–water partition coefficient (Wildman–Crippen LogP) is 2.76. The van der Waals surface area contributed by atoms with Crippen LogP contribution in [0.1, 0.15) is 40.2 Å². The Bertz CT molecular complexity index is 1550. The van der Waals surface area contributed by atoms with Crippen molar-refractivity contribution in [3.63, 3.8) is 0 Å². The van der Waals surface area contributed by atoms with Gasteiger partial charge < -0.3 is 20.1 Å². The SMILES string of the molecule is CC(C)ON(C[C@@H](O)[C@H](Cc1ccccc1)NC(=O)OC(C)(C)C)S(=O)(=O)c1ccc2[nH]c(NS(C)(=O)=O)nc2c1. The number of imidazole rings is 1. The van der Waals surface area contributed by atoms with E-state index < -0.39 is 56.5 Å². The zero-order valence-corrected chi connectivity index (χ0v) is 25.4. The van der Waals surface area contributed by atoms with Crippen LogP contribution in [0, 0.1) is 0 Å². The summed E-state index contributed by atoms with van der Waals surface area (Å²) in [6.45, 7) is 7.86. The average Bonchev–Trinajstić information content (AvgIpc) is 3.22. The largest absolute Gasteiger partial charge is 0.444 e. The number of amides is 1. The molecule has 1 aromatic heterocycles. The summed E-state index contributed by atoms with van der Waals surface area (Å²) in [5, 5.41) is 13.9. The highest BCUT2D eigenvalue weighted by molar-refractivity contribution is 7.92. The molecule has 3 aromatic rings. The van der Waals surface area contributed by atoms with Crippen LogP contribution in [0.4, 0.5) is 10.7 Å². The van der Waals surface area contributed by atoms with Crippen LogP contribution in [-0.4, -0.2) is 79.1 Å². The Labute approximate surface area is 240 Å². The summed E-state index contributed by atoms with van der Waals surface area (Å²) in [5.41, 5.74) is 0.602. The number of carbonyl (C=O) groups excluding carboxylic acids is 1. The molecule has 0 aliphatic heterocycles. The van der Waals surface area contributed by atoms with Gasteiger partial charge >= 0.3 is 6.09 Å². The summed E-state index contributed by atoms with van der Waals surface area (Å²) in [6, 6.07) is 12.2. The fourth-order valence-corrected chi connectivity index (χ4v) is 5.63. The molecule has 41 heavy (non-hydrogen) atoms. The normalized spacial score (nSPS) is 14.3. The van der Waals surface area contributed by atoms with E-state index in [1.165, 1.54) is 18.2 Å². The van der Waals surface area contributed by atoms with E-state index in [1.54, 1.807) is 34.6 Å².